The average molecular weight is 376 g/mol. The number of amides is 1. The third-order valence-electron chi connectivity index (χ3n) is 5.43. The van der Waals surface area contributed by atoms with Gasteiger partial charge in [0.25, 0.3) is 5.91 Å². The van der Waals surface area contributed by atoms with E-state index < -0.39 is 0 Å². The molecule has 28 heavy (non-hydrogen) atoms. The predicted octanol–water partition coefficient (Wildman–Crippen LogP) is 4.16. The fourth-order valence-corrected chi connectivity index (χ4v) is 3.74. The van der Waals surface area contributed by atoms with E-state index in [0.717, 1.165) is 53.4 Å². The summed E-state index contributed by atoms with van der Waals surface area (Å²) in [5.41, 5.74) is 2.88. The van der Waals surface area contributed by atoms with Crippen molar-refractivity contribution in [3.8, 4) is 17.0 Å². The highest BCUT2D eigenvalue weighted by Gasteiger charge is 2.23. The molecule has 0 unspecified atom stereocenters. The molecule has 0 radical (unpaired) electrons. The van der Waals surface area contributed by atoms with Crippen LogP contribution in [-0.2, 0) is 4.74 Å². The molecule has 0 N–H and O–H groups in total. The normalized spacial score (nSPS) is 15.0. The molecule has 1 fully saturated rings. The van der Waals surface area contributed by atoms with Crippen molar-refractivity contribution in [2.45, 2.75) is 18.9 Å². The lowest BCUT2D eigenvalue weighted by molar-refractivity contribution is 0.0351. The maximum absolute atomic E-state index is 12.9. The van der Waals surface area contributed by atoms with Crippen LogP contribution in [0.4, 0.5) is 0 Å². The molecule has 0 aliphatic carbocycles. The van der Waals surface area contributed by atoms with Gasteiger partial charge in [0, 0.05) is 38.0 Å². The Morgan fingerprint density at radius 1 is 0.964 bits per heavy atom. The summed E-state index contributed by atoms with van der Waals surface area (Å²) in [5, 5.41) is 2.16. The van der Waals surface area contributed by atoms with Crippen LogP contribution in [0.15, 0.2) is 54.7 Å². The third-order valence-corrected chi connectivity index (χ3v) is 5.43. The van der Waals surface area contributed by atoms with Gasteiger partial charge in [0.05, 0.1) is 13.2 Å². The molecule has 1 amide bonds. The van der Waals surface area contributed by atoms with Crippen LogP contribution in [0, 0.1) is 0 Å². The number of carbonyl (C=O) groups is 1. The second-order valence-corrected chi connectivity index (χ2v) is 7.09. The Labute approximate surface area is 164 Å². The van der Waals surface area contributed by atoms with Gasteiger partial charge < -0.3 is 14.4 Å². The van der Waals surface area contributed by atoms with Gasteiger partial charge in [-0.2, -0.15) is 0 Å². The highest BCUT2D eigenvalue weighted by atomic mass is 16.5. The molecule has 5 nitrogen and oxygen atoms in total. The number of rotatable bonds is 4. The van der Waals surface area contributed by atoms with Crippen LogP contribution < -0.4 is 4.74 Å². The Kier molecular flexibility index (Phi) is 5.26. The predicted molar refractivity (Wildman–Crippen MR) is 110 cm³/mol. The Morgan fingerprint density at radius 3 is 2.43 bits per heavy atom. The molecule has 5 heteroatoms. The molecule has 0 spiro atoms. The van der Waals surface area contributed by atoms with Crippen molar-refractivity contribution in [1.82, 2.24) is 9.88 Å². The van der Waals surface area contributed by atoms with E-state index in [-0.39, 0.29) is 12.0 Å². The van der Waals surface area contributed by atoms with Gasteiger partial charge in [-0.25, -0.2) is 4.98 Å². The van der Waals surface area contributed by atoms with E-state index in [1.807, 2.05) is 35.2 Å². The molecule has 0 saturated carbocycles. The summed E-state index contributed by atoms with van der Waals surface area (Å²) in [7, 11) is 3.35. The summed E-state index contributed by atoms with van der Waals surface area (Å²) in [6.45, 7) is 1.50. The summed E-state index contributed by atoms with van der Waals surface area (Å²) >= 11 is 0. The smallest absolute Gasteiger partial charge is 0.253 e. The van der Waals surface area contributed by atoms with Gasteiger partial charge in [-0.1, -0.05) is 18.2 Å². The molecule has 1 saturated heterocycles. The number of ether oxygens (including phenoxy) is 2. The number of methoxy groups -OCH3 is 2. The monoisotopic (exact) mass is 376 g/mol. The van der Waals surface area contributed by atoms with Gasteiger partial charge in [-0.05, 0) is 59.0 Å². The first kappa shape index (κ1) is 18.4. The summed E-state index contributed by atoms with van der Waals surface area (Å²) in [6.07, 6.45) is 3.81. The lowest BCUT2D eigenvalue weighted by Crippen LogP contribution is -2.40. The van der Waals surface area contributed by atoms with E-state index in [4.69, 9.17) is 9.47 Å². The molecular formula is C23H24N2O3. The molecule has 4 rings (SSSR count). The van der Waals surface area contributed by atoms with Crippen molar-refractivity contribution in [3.05, 3.63) is 60.3 Å². The Bertz CT molecular complexity index is 994. The van der Waals surface area contributed by atoms with Crippen molar-refractivity contribution in [2.75, 3.05) is 27.3 Å². The van der Waals surface area contributed by atoms with Gasteiger partial charge in [-0.15, -0.1) is 0 Å². The zero-order chi connectivity index (χ0) is 19.5. The number of carbonyl (C=O) groups excluding carboxylic acids is 1. The largest absolute Gasteiger partial charge is 0.481 e. The Morgan fingerprint density at radius 2 is 1.68 bits per heavy atom. The number of hydrogen-bond acceptors (Lipinski definition) is 4. The lowest BCUT2D eigenvalue weighted by atomic mass is 9.99. The van der Waals surface area contributed by atoms with E-state index in [9.17, 15) is 4.79 Å². The Hall–Kier alpha value is -2.92. The van der Waals surface area contributed by atoms with Gasteiger partial charge in [0.15, 0.2) is 0 Å². The molecule has 144 valence electrons. The third kappa shape index (κ3) is 3.71. The van der Waals surface area contributed by atoms with Crippen LogP contribution in [0.5, 0.6) is 5.88 Å². The molecule has 0 bridgehead atoms. The number of benzene rings is 2. The minimum Gasteiger partial charge on any atom is -0.481 e. The molecule has 2 aromatic carbocycles. The molecule has 1 aliphatic heterocycles. The van der Waals surface area contributed by atoms with E-state index in [1.54, 1.807) is 20.4 Å². The number of nitrogens with zero attached hydrogens (tertiary/aromatic N) is 2. The SMILES string of the molecule is COc1cc(-c2ccc3cc(C(=O)N4CCC(OC)CC4)ccc3c2)ccn1. The van der Waals surface area contributed by atoms with Crippen LogP contribution in [0.2, 0.25) is 0 Å². The molecule has 2 heterocycles. The molecular weight excluding hydrogens is 352 g/mol. The highest BCUT2D eigenvalue weighted by molar-refractivity contribution is 5.99. The van der Waals surface area contributed by atoms with Crippen LogP contribution in [0.3, 0.4) is 0 Å². The fraction of sp³-hybridized carbons (Fsp3) is 0.304. The van der Waals surface area contributed by atoms with Crippen LogP contribution in [0.25, 0.3) is 21.9 Å². The first-order chi connectivity index (χ1) is 13.7. The minimum absolute atomic E-state index is 0.0967. The van der Waals surface area contributed by atoms with Crippen molar-refractivity contribution >= 4 is 16.7 Å². The van der Waals surface area contributed by atoms with E-state index in [1.165, 1.54) is 0 Å². The number of pyridine rings is 1. The zero-order valence-electron chi connectivity index (χ0n) is 16.2. The summed E-state index contributed by atoms with van der Waals surface area (Å²) in [6, 6.07) is 16.1. The number of aromatic nitrogens is 1. The standard InChI is InChI=1S/C23H24N2O3/c1-27-21-8-11-25(12-9-21)23(26)20-6-5-16-13-17(3-4-18(16)14-20)19-7-10-24-22(15-19)28-2/h3-7,10,13-15,21H,8-9,11-12H2,1-2H3. The van der Waals surface area contributed by atoms with Crippen molar-refractivity contribution < 1.29 is 14.3 Å². The van der Waals surface area contributed by atoms with Gasteiger partial charge in [-0.3, -0.25) is 4.79 Å². The average Bonchev–Trinajstić information content (AvgIpc) is 2.78. The summed E-state index contributed by atoms with van der Waals surface area (Å²) in [5.74, 6) is 0.690. The van der Waals surface area contributed by atoms with E-state index >= 15 is 0 Å². The number of fused-ring (bicyclic) bond motifs is 1. The van der Waals surface area contributed by atoms with Crippen LogP contribution in [0.1, 0.15) is 23.2 Å². The fourth-order valence-electron chi connectivity index (χ4n) is 3.74. The van der Waals surface area contributed by atoms with Gasteiger partial charge in [0.1, 0.15) is 0 Å². The lowest BCUT2D eigenvalue weighted by Gasteiger charge is -2.31. The molecule has 1 aromatic heterocycles. The number of hydrogen-bond donors (Lipinski definition) is 0. The van der Waals surface area contributed by atoms with Crippen LogP contribution >= 0.6 is 0 Å². The second kappa shape index (κ2) is 7.98. The molecule has 0 atom stereocenters. The van der Waals surface area contributed by atoms with E-state index in [2.05, 4.69) is 23.2 Å². The van der Waals surface area contributed by atoms with Crippen LogP contribution in [-0.4, -0.2) is 49.2 Å². The first-order valence-electron chi connectivity index (χ1n) is 9.54. The van der Waals surface area contributed by atoms with E-state index in [0.29, 0.717) is 5.88 Å². The molecule has 1 aliphatic rings. The number of piperidine rings is 1. The van der Waals surface area contributed by atoms with Gasteiger partial charge in [0.2, 0.25) is 5.88 Å². The topological polar surface area (TPSA) is 51.7 Å². The minimum atomic E-state index is 0.0967. The van der Waals surface area contributed by atoms with Crippen molar-refractivity contribution in [2.24, 2.45) is 0 Å². The summed E-state index contributed by atoms with van der Waals surface area (Å²) < 4.78 is 10.6. The maximum atomic E-state index is 12.9. The Balaban J connectivity index is 1.57. The zero-order valence-corrected chi connectivity index (χ0v) is 16.2. The molecule has 3 aromatic rings. The van der Waals surface area contributed by atoms with Gasteiger partial charge >= 0.3 is 0 Å². The van der Waals surface area contributed by atoms with Crippen molar-refractivity contribution in [1.29, 1.82) is 0 Å². The highest BCUT2D eigenvalue weighted by Crippen LogP contribution is 2.27. The first-order valence-corrected chi connectivity index (χ1v) is 9.54. The quantitative estimate of drug-likeness (QED) is 0.686. The van der Waals surface area contributed by atoms with Crippen molar-refractivity contribution in [3.63, 3.8) is 0 Å². The maximum Gasteiger partial charge on any atom is 0.253 e. The summed E-state index contributed by atoms with van der Waals surface area (Å²) in [4.78, 5) is 18.9. The number of likely N-dealkylation sites (tertiary alicyclic amines) is 1. The second-order valence-electron chi connectivity index (χ2n) is 7.09.